The molecule has 0 aromatic heterocycles. The molecule has 0 fully saturated rings. The van der Waals surface area contributed by atoms with Crippen molar-refractivity contribution in [3.8, 4) is 0 Å². The molecule has 0 radical (unpaired) electrons. The molecule has 0 aliphatic rings. The maximum absolute atomic E-state index is 12.2. The average molecular weight is 817 g/mol. The molecular formula is C43H47IO4P2. The van der Waals surface area contributed by atoms with Crippen molar-refractivity contribution >= 4 is 77.6 Å². The molecule has 0 saturated heterocycles. The van der Waals surface area contributed by atoms with Gasteiger partial charge in [0.15, 0.2) is 0 Å². The van der Waals surface area contributed by atoms with E-state index in [4.69, 9.17) is 4.74 Å². The number of benzene rings is 6. The lowest BCUT2D eigenvalue weighted by molar-refractivity contribution is 0.0592. The molecule has 0 N–H and O–H groups in total. The maximum atomic E-state index is 12.2. The Kier molecular flexibility index (Phi) is 21.1. The van der Waals surface area contributed by atoms with Gasteiger partial charge in [0.25, 0.3) is 0 Å². The van der Waals surface area contributed by atoms with Crippen molar-refractivity contribution in [2.75, 3.05) is 14.2 Å². The zero-order valence-electron chi connectivity index (χ0n) is 26.1. The number of esters is 2. The van der Waals surface area contributed by atoms with E-state index in [9.17, 15) is 9.59 Å². The van der Waals surface area contributed by atoms with Crippen LogP contribution in [-0.4, -0.2) is 26.2 Å². The van der Waals surface area contributed by atoms with Crippen molar-refractivity contribution in [3.63, 3.8) is 0 Å². The van der Waals surface area contributed by atoms with Crippen LogP contribution in [0.4, 0.5) is 0 Å². The molecule has 0 amide bonds. The molecule has 0 aliphatic carbocycles. The van der Waals surface area contributed by atoms with E-state index in [2.05, 4.69) is 112 Å². The van der Waals surface area contributed by atoms with Crippen LogP contribution in [0.5, 0.6) is 0 Å². The van der Waals surface area contributed by atoms with Gasteiger partial charge in [-0.05, 0) is 75.2 Å². The van der Waals surface area contributed by atoms with Crippen LogP contribution < -0.4 is 26.5 Å². The van der Waals surface area contributed by atoms with Gasteiger partial charge >= 0.3 is 11.9 Å². The normalized spacial score (nSPS) is 9.44. The van der Waals surface area contributed by atoms with E-state index in [1.165, 1.54) is 35.4 Å². The predicted octanol–water partition coefficient (Wildman–Crippen LogP) is 9.53. The van der Waals surface area contributed by atoms with Gasteiger partial charge in [-0.25, -0.2) is 9.59 Å². The highest BCUT2D eigenvalue weighted by atomic mass is 127. The van der Waals surface area contributed by atoms with E-state index < -0.39 is 7.92 Å². The minimum atomic E-state index is -0.806. The summed E-state index contributed by atoms with van der Waals surface area (Å²) in [7, 11) is 2.77. The van der Waals surface area contributed by atoms with Gasteiger partial charge in [0.1, 0.15) is 0 Å². The third-order valence-electron chi connectivity index (χ3n) is 6.69. The Labute approximate surface area is 316 Å². The van der Waals surface area contributed by atoms with Crippen molar-refractivity contribution in [1.29, 1.82) is 0 Å². The zero-order chi connectivity index (χ0) is 33.3. The lowest BCUT2D eigenvalue weighted by Crippen LogP contribution is -2.25. The number of carbonyl (C=O) groups is 2. The number of ether oxygens (including phenoxy) is 2. The fourth-order valence-electron chi connectivity index (χ4n) is 4.48. The number of rotatable bonds is 7. The summed E-state index contributed by atoms with van der Waals surface area (Å²) < 4.78 is 10.5. The molecule has 0 spiro atoms. The molecule has 0 atom stereocenters. The number of hydrogen-bond acceptors (Lipinski definition) is 4. The van der Waals surface area contributed by atoms with Crippen molar-refractivity contribution < 1.29 is 19.1 Å². The summed E-state index contributed by atoms with van der Waals surface area (Å²) in [5.41, 5.74) is 1.25. The van der Waals surface area contributed by atoms with Crippen molar-refractivity contribution in [2.45, 2.75) is 22.3 Å². The second-order valence-corrected chi connectivity index (χ2v) is 14.6. The molecule has 0 unspecified atom stereocenters. The van der Waals surface area contributed by atoms with E-state index >= 15 is 0 Å². The van der Waals surface area contributed by atoms with Gasteiger partial charge in [0.2, 0.25) is 0 Å². The first-order valence-corrected chi connectivity index (χ1v) is 18.2. The Morgan fingerprint density at radius 1 is 0.480 bits per heavy atom. The fraction of sp³-hybridized carbons (Fsp3) is 0.116. The molecule has 4 nitrogen and oxygen atoms in total. The van der Waals surface area contributed by atoms with E-state index in [0.29, 0.717) is 11.1 Å². The van der Waals surface area contributed by atoms with Crippen LogP contribution in [0.3, 0.4) is 0 Å². The first kappa shape index (κ1) is 43.9. The Hall–Kier alpha value is -4.15. The number of halogens is 1. The second kappa shape index (κ2) is 24.1. The van der Waals surface area contributed by atoms with Gasteiger partial charge in [0.05, 0.1) is 25.3 Å². The van der Waals surface area contributed by atoms with Crippen molar-refractivity contribution in [3.05, 3.63) is 185 Å². The molecule has 6 aromatic rings. The Bertz CT molecular complexity index is 1740. The van der Waals surface area contributed by atoms with Crippen LogP contribution in [0.15, 0.2) is 170 Å². The molecule has 0 aliphatic heterocycles. The minimum Gasteiger partial charge on any atom is -0.465 e. The predicted molar refractivity (Wildman–Crippen MR) is 228 cm³/mol. The Morgan fingerprint density at radius 3 is 1.24 bits per heavy atom. The van der Waals surface area contributed by atoms with E-state index in [1.807, 2.05) is 78.9 Å². The molecule has 6 rings (SSSR count). The van der Waals surface area contributed by atoms with Gasteiger partial charge in [-0.2, -0.15) is 0 Å². The maximum Gasteiger partial charge on any atom is 0.338 e. The lowest BCUT2D eigenvalue weighted by Gasteiger charge is -2.21. The van der Waals surface area contributed by atoms with Gasteiger partial charge < -0.3 is 9.47 Å². The largest absolute Gasteiger partial charge is 0.465 e. The van der Waals surface area contributed by atoms with Crippen LogP contribution in [-0.2, 0) is 9.47 Å². The second-order valence-electron chi connectivity index (χ2n) is 9.84. The van der Waals surface area contributed by atoms with Crippen LogP contribution >= 0.6 is 39.1 Å². The highest BCUT2D eigenvalue weighted by Crippen LogP contribution is 2.34. The number of carbonyl (C=O) groups excluding carboxylic acids is 2. The topological polar surface area (TPSA) is 52.6 Å². The first-order valence-electron chi connectivity index (χ1n) is 14.8. The van der Waals surface area contributed by atoms with Gasteiger partial charge in [-0.15, -0.1) is 0 Å². The summed E-state index contributed by atoms with van der Waals surface area (Å²) in [6.45, 7) is 0. The molecule has 0 bridgehead atoms. The Balaban J connectivity index is 0.000000397. The van der Waals surface area contributed by atoms with Crippen LogP contribution in [0.1, 0.15) is 43.0 Å². The van der Waals surface area contributed by atoms with Gasteiger partial charge in [-0.3, -0.25) is 0 Å². The molecule has 7 heteroatoms. The molecule has 0 heterocycles. The Morgan fingerprint density at radius 2 is 0.820 bits per heavy atom. The summed E-state index contributed by atoms with van der Waals surface area (Å²) >= 11 is 2.10. The molecule has 6 aromatic carbocycles. The smallest absolute Gasteiger partial charge is 0.338 e. The zero-order valence-corrected chi connectivity index (χ0v) is 30.2. The number of hydrogen-bond donors (Lipinski definition) is 0. The summed E-state index contributed by atoms with van der Waals surface area (Å²) in [4.78, 5) is 23.2. The fourth-order valence-corrected chi connectivity index (χ4v) is 8.57. The van der Waals surface area contributed by atoms with Crippen LogP contribution in [0.25, 0.3) is 0 Å². The number of methoxy groups -OCH3 is 2. The van der Waals surface area contributed by atoms with Crippen molar-refractivity contribution in [2.24, 2.45) is 0 Å². The highest BCUT2D eigenvalue weighted by molar-refractivity contribution is 14.1. The SMILES string of the molecule is C.C.C.COC(=O)c1ccccc1I.COC(=O)c1ccccc1P(c1ccccc1)c1ccccc1.c1ccc(Pc2ccccc2)cc1. The summed E-state index contributed by atoms with van der Waals surface area (Å²) in [5.74, 6) is -0.574. The summed E-state index contributed by atoms with van der Waals surface area (Å²) in [5, 5.41) is 6.24. The average Bonchev–Trinajstić information content (AvgIpc) is 3.14. The minimum absolute atomic E-state index is 0. The van der Waals surface area contributed by atoms with Gasteiger partial charge in [-0.1, -0.05) is 183 Å². The highest BCUT2D eigenvalue weighted by Gasteiger charge is 2.22. The monoisotopic (exact) mass is 816 g/mol. The molecule has 50 heavy (non-hydrogen) atoms. The molecular weight excluding hydrogens is 769 g/mol. The summed E-state index contributed by atoms with van der Waals surface area (Å²) in [6.07, 6.45) is 0. The van der Waals surface area contributed by atoms with Crippen molar-refractivity contribution in [1.82, 2.24) is 0 Å². The molecule has 0 saturated carbocycles. The van der Waals surface area contributed by atoms with E-state index in [-0.39, 0.29) is 34.2 Å². The lowest BCUT2D eigenvalue weighted by atomic mass is 10.2. The van der Waals surface area contributed by atoms with Crippen LogP contribution in [0, 0.1) is 3.57 Å². The third kappa shape index (κ3) is 13.3. The van der Waals surface area contributed by atoms with E-state index in [0.717, 1.165) is 17.5 Å². The quantitative estimate of drug-likeness (QED) is 0.0916. The molecule has 260 valence electrons. The van der Waals surface area contributed by atoms with E-state index in [1.54, 1.807) is 6.07 Å². The third-order valence-corrected chi connectivity index (χ3v) is 11.4. The van der Waals surface area contributed by atoms with Crippen LogP contribution in [0.2, 0.25) is 0 Å². The van der Waals surface area contributed by atoms with Gasteiger partial charge in [0, 0.05) is 3.57 Å². The summed E-state index contributed by atoms with van der Waals surface area (Å²) in [6, 6.07) is 56.8. The standard InChI is InChI=1S/C20H17O2P.C12H11P.C8H7IO2.3CH4/c1-22-20(21)18-14-8-9-15-19(18)23(16-10-4-2-5-11-16)17-12-6-3-7-13-17;1-3-7-11(8-4-1)13-12-9-5-2-6-10-12;1-11-8(10)6-4-2-3-5-7(6)9;;;/h2-15H,1H3;1-10,13H;2-5H,1H3;3*1H4. The first-order chi connectivity index (χ1) is 23.0.